The summed E-state index contributed by atoms with van der Waals surface area (Å²) < 4.78 is 303. The third-order valence-electron chi connectivity index (χ3n) is 17.5. The van der Waals surface area contributed by atoms with Gasteiger partial charge in [0.2, 0.25) is 0 Å². The fourth-order valence-corrected chi connectivity index (χ4v) is 20.8. The van der Waals surface area contributed by atoms with Crippen molar-refractivity contribution in [2.45, 2.75) is 73.1 Å². The number of aromatic hydroxyl groups is 1. The molecule has 1 N–H and O–H groups in total. The Hall–Kier alpha value is -8.89. The van der Waals surface area contributed by atoms with Crippen LogP contribution >= 0.6 is 203 Å². The Kier molecular flexibility index (Phi) is 47.8. The first-order valence-corrected chi connectivity index (χ1v) is 53.4. The van der Waals surface area contributed by atoms with Crippen molar-refractivity contribution in [1.29, 1.82) is 0 Å². The van der Waals surface area contributed by atoms with Gasteiger partial charge >= 0.3 is 80.7 Å². The van der Waals surface area contributed by atoms with Crippen molar-refractivity contribution in [1.82, 2.24) is 0 Å². The molecule has 0 aliphatic carbocycles. The molecule has 8 aromatic rings. The monoisotopic (exact) mass is 3160 g/mol. The number of alkyl halides is 8. The molecule has 0 saturated carbocycles. The standard InChI is InChI=1S/C20H14F2I3NO11S.C20H15F2I2NO12S.C19H14F2I3NO10S.C19H16F2INO10S/c1-9(20(21,22)38(32,33)34)37-19(29)15-11(3-2-4-14(15)26(30)31)17(27)35-5-6-36-18(28)12-7-10(23)8-13(24)16(12)25;1-9(20(21,22)38(32,33)34)37-19(29)15-11(3-2-4-14(15)25(30)31)17(27)35-5-6-36-18(28)12-7-10(23)8-13(24)16(12)26;1-9(19(20,21)36(30,31)32)35-18(27)15-11(3-2-4-14(15)25(28)29)17(26)34-6-5-33-16-12(23)7-10(22)8-13(16)24;1-11(19(20,21)34(28,29)30)33-18(25)16-14(3-2-4-15(16)23(26)27)17(24)32-10-9-31-13-7-5-12(22)6-8-13/h2-4,7-9H,5-6H2,1H3,(H,32,33,34);2-4,7-9,26H,5-6H2,1H3,(H,32,33,34);2-4,7-9H,5-6H2,1H3,(H,30,31,32);2-8,11H,9-10H2,1H3,(H,28,29,30)/p-4. The minimum absolute atomic E-state index is 0.119. The van der Waals surface area contributed by atoms with Gasteiger partial charge in [0, 0.05) is 45.7 Å². The van der Waals surface area contributed by atoms with E-state index in [-0.39, 0.29) is 43.3 Å². The lowest BCUT2D eigenvalue weighted by Crippen LogP contribution is -2.42. The third kappa shape index (κ3) is 34.6. The van der Waals surface area contributed by atoms with Gasteiger partial charge in [0.15, 0.2) is 87.1 Å². The van der Waals surface area contributed by atoms with Crippen LogP contribution in [-0.4, -0.2) is 235 Å². The molecular formula is C78H55F8I9N4O43S4-4. The molecule has 4 atom stereocenters. The highest BCUT2D eigenvalue weighted by atomic mass is 127. The van der Waals surface area contributed by atoms with Crippen molar-refractivity contribution in [3.8, 4) is 17.2 Å². The number of hydrogen-bond acceptors (Lipinski definition) is 43. The predicted octanol–water partition coefficient (Wildman–Crippen LogP) is 14.8. The summed E-state index contributed by atoms with van der Waals surface area (Å²) in [5, 5.41) is 35.2. The Morgan fingerprint density at radius 3 is 0.801 bits per heavy atom. The van der Waals surface area contributed by atoms with Crippen molar-refractivity contribution in [2.75, 3.05) is 52.9 Å². The van der Waals surface area contributed by atoms with Gasteiger partial charge in [-0.05, 0) is 316 Å². The average Bonchev–Trinajstić information content (AvgIpc) is 0.791. The molecule has 0 heterocycles. The number of benzene rings is 8. The number of nitrogens with zero attached hydrogens (tertiary/aromatic N) is 4. The van der Waals surface area contributed by atoms with E-state index in [0.717, 1.165) is 94.2 Å². The number of nitro groups is 4. The Morgan fingerprint density at radius 1 is 0.308 bits per heavy atom. The summed E-state index contributed by atoms with van der Waals surface area (Å²) in [7, 11) is -25.0. The van der Waals surface area contributed by atoms with Crippen LogP contribution in [0, 0.1) is 72.6 Å². The van der Waals surface area contributed by atoms with Crippen molar-refractivity contribution < 1.29 is 217 Å². The topological polar surface area (TPSA) is 703 Å². The molecule has 0 spiro atoms. The van der Waals surface area contributed by atoms with Gasteiger partial charge in [-0.25, -0.2) is 81.6 Å². The van der Waals surface area contributed by atoms with E-state index < -0.39 is 259 Å². The minimum Gasteiger partial charge on any atom is -0.743 e. The molecule has 0 aromatic heterocycles. The number of esters is 10. The van der Waals surface area contributed by atoms with Crippen molar-refractivity contribution in [3.05, 3.63) is 262 Å². The molecule has 0 amide bonds. The van der Waals surface area contributed by atoms with E-state index in [2.05, 4.69) is 109 Å². The normalized spacial score (nSPS) is 12.4. The molecule has 68 heteroatoms. The van der Waals surface area contributed by atoms with E-state index in [0.29, 0.717) is 49.9 Å². The molecule has 4 unspecified atom stereocenters. The predicted molar refractivity (Wildman–Crippen MR) is 545 cm³/mol. The number of nitro benzene ring substituents is 4. The van der Waals surface area contributed by atoms with E-state index in [1.165, 1.54) is 6.07 Å². The molecule has 8 rings (SSSR count). The first-order chi connectivity index (χ1) is 67.3. The molecular weight excluding hydrogens is 3100 g/mol. The van der Waals surface area contributed by atoms with Crippen LogP contribution < -0.4 is 9.47 Å². The first-order valence-electron chi connectivity index (χ1n) is 38.1. The zero-order valence-electron chi connectivity index (χ0n) is 72.1. The van der Waals surface area contributed by atoms with Crippen LogP contribution in [-0.2, 0) is 87.8 Å². The maximum atomic E-state index is 13.7. The zero-order valence-corrected chi connectivity index (χ0v) is 94.8. The van der Waals surface area contributed by atoms with Crippen LogP contribution in [0.25, 0.3) is 0 Å². The zero-order chi connectivity index (χ0) is 111. The number of carbonyl (C=O) groups excluding carboxylic acids is 10. The number of phenols is 1. The molecule has 146 heavy (non-hydrogen) atoms. The number of ether oxygens (including phenoxy) is 12. The molecule has 0 radical (unpaired) electrons. The van der Waals surface area contributed by atoms with Gasteiger partial charge in [-0.2, -0.15) is 35.1 Å². The third-order valence-corrected chi connectivity index (χ3v) is 29.6. The number of carbonyl (C=O) groups is 10. The highest BCUT2D eigenvalue weighted by Gasteiger charge is 2.52. The Morgan fingerprint density at radius 2 is 0.534 bits per heavy atom. The maximum absolute atomic E-state index is 13.7. The van der Waals surface area contributed by atoms with Gasteiger partial charge < -0.3 is 80.2 Å². The lowest BCUT2D eigenvalue weighted by atomic mass is 10.1. The van der Waals surface area contributed by atoms with E-state index >= 15 is 0 Å². The number of hydrogen-bond donors (Lipinski definition) is 1. The van der Waals surface area contributed by atoms with Gasteiger partial charge in [0.05, 0.1) is 58.2 Å². The number of phenolic OH excluding ortho intramolecular Hbond substituents is 1. The average molecular weight is 3160 g/mol. The van der Waals surface area contributed by atoms with Crippen LogP contribution in [0.4, 0.5) is 57.9 Å². The van der Waals surface area contributed by atoms with E-state index in [1.807, 2.05) is 109 Å². The highest BCUT2D eigenvalue weighted by molar-refractivity contribution is 14.1. The van der Waals surface area contributed by atoms with E-state index in [4.69, 9.17) is 37.9 Å². The van der Waals surface area contributed by atoms with E-state index in [1.54, 1.807) is 59.0 Å². The van der Waals surface area contributed by atoms with Gasteiger partial charge in [0.25, 0.3) is 22.7 Å². The largest absolute Gasteiger partial charge is 0.743 e. The Labute approximate surface area is 936 Å². The molecule has 8 aromatic carbocycles. The second-order valence-corrected chi connectivity index (χ2v) is 43.8. The summed E-state index contributed by atoms with van der Waals surface area (Å²) in [5.41, 5.74) is -11.4. The van der Waals surface area contributed by atoms with E-state index in [9.17, 15) is 181 Å². The number of halogens is 17. The SMILES string of the molecule is CC(OC(=O)c1c(C(=O)OCCOC(=O)c2cc(I)cc(I)c2I)cccc1[N+](=O)[O-])C(F)(F)S(=O)(=O)[O-].CC(OC(=O)c1c(C(=O)OCCOC(=O)c2cc(I)cc(I)c2O)cccc1[N+](=O)[O-])C(F)(F)S(=O)(=O)[O-].CC(OC(=O)c1c(C(=O)OCCOc2c(I)cc(I)cc2I)cccc1[N+](=O)[O-])C(F)(F)S(=O)(=O)[O-].CC(OC(=O)c1c(C(=O)OCCOc2ccc(I)cc2)cccc1[N+](=O)[O-])C(F)(F)S(=O)(=O)[O-]. The fourth-order valence-electron chi connectivity index (χ4n) is 10.5. The summed E-state index contributed by atoms with van der Waals surface area (Å²) >= 11 is 18.0. The molecule has 0 aliphatic rings. The molecule has 47 nitrogen and oxygen atoms in total. The van der Waals surface area contributed by atoms with Crippen molar-refractivity contribution >= 4 is 326 Å². The summed E-state index contributed by atoms with van der Waals surface area (Å²) in [6.07, 6.45) is -11.4. The molecule has 0 saturated heterocycles. The second kappa shape index (κ2) is 54.7. The van der Waals surface area contributed by atoms with Gasteiger partial charge in [0.1, 0.15) is 75.7 Å². The van der Waals surface area contributed by atoms with Gasteiger partial charge in [-0.1, -0.05) is 24.3 Å². The quantitative estimate of drug-likeness (QED) is 0.00429. The van der Waals surface area contributed by atoms with Crippen LogP contribution in [0.1, 0.15) is 131 Å². The smallest absolute Gasteiger partial charge is 0.370 e. The molecule has 0 fully saturated rings. The second-order valence-electron chi connectivity index (χ2n) is 27.3. The first kappa shape index (κ1) is 128. The fraction of sp³-hybridized carbons (Fsp3) is 0.256. The van der Waals surface area contributed by atoms with Gasteiger partial charge in [-0.15, -0.1) is 0 Å². The van der Waals surface area contributed by atoms with Crippen LogP contribution in [0.3, 0.4) is 0 Å². The van der Waals surface area contributed by atoms with Crippen molar-refractivity contribution in [3.63, 3.8) is 0 Å². The highest BCUT2D eigenvalue weighted by Crippen LogP contribution is 2.39. The summed E-state index contributed by atoms with van der Waals surface area (Å²) in [6, 6.07) is 27.7. The number of rotatable bonds is 40. The molecule has 0 bridgehead atoms. The summed E-state index contributed by atoms with van der Waals surface area (Å²) in [6.45, 7) is -1.56. The Balaban J connectivity index is 0.000000343. The molecule has 792 valence electrons. The Bertz CT molecular complexity index is 6680. The maximum Gasteiger partial charge on any atom is 0.370 e. The summed E-state index contributed by atoms with van der Waals surface area (Å²) in [4.78, 5) is 166. The van der Waals surface area contributed by atoms with Gasteiger partial charge in [-0.3, -0.25) is 40.5 Å². The molecule has 0 aliphatic heterocycles. The minimum atomic E-state index is -6.28. The summed E-state index contributed by atoms with van der Waals surface area (Å²) in [5.74, 6) is -13.7. The lowest BCUT2D eigenvalue weighted by molar-refractivity contribution is -0.385. The lowest BCUT2D eigenvalue weighted by Gasteiger charge is -2.25. The van der Waals surface area contributed by atoms with Crippen molar-refractivity contribution in [2.24, 2.45) is 0 Å². The van der Waals surface area contributed by atoms with Crippen LogP contribution in [0.15, 0.2) is 133 Å². The van der Waals surface area contributed by atoms with Crippen LogP contribution in [0.2, 0.25) is 0 Å². The van der Waals surface area contributed by atoms with Crippen LogP contribution in [0.5, 0.6) is 17.2 Å².